The van der Waals surface area contributed by atoms with E-state index in [0.717, 1.165) is 17.0 Å². The number of hydrogen-bond donors (Lipinski definition) is 1. The lowest BCUT2D eigenvalue weighted by atomic mass is 10.3. The molecule has 0 aliphatic heterocycles. The van der Waals surface area contributed by atoms with Crippen molar-refractivity contribution >= 4 is 23.0 Å². The minimum atomic E-state index is -0.250. The molecule has 2 aromatic heterocycles. The van der Waals surface area contributed by atoms with Gasteiger partial charge in [0.15, 0.2) is 0 Å². The molecule has 19 heavy (non-hydrogen) atoms. The maximum absolute atomic E-state index is 11.8. The first-order chi connectivity index (χ1) is 9.20. The summed E-state index contributed by atoms with van der Waals surface area (Å²) in [5.41, 5.74) is 3.85. The molecule has 0 saturated heterocycles. The number of hydrogen-bond acceptors (Lipinski definition) is 4. The van der Waals surface area contributed by atoms with Gasteiger partial charge >= 0.3 is 0 Å². The van der Waals surface area contributed by atoms with E-state index >= 15 is 0 Å². The van der Waals surface area contributed by atoms with Crippen molar-refractivity contribution in [2.45, 2.75) is 20.3 Å². The van der Waals surface area contributed by atoms with Gasteiger partial charge in [0, 0.05) is 17.3 Å². The summed E-state index contributed by atoms with van der Waals surface area (Å²) in [5.74, 6) is -0.250. The van der Waals surface area contributed by atoms with Crippen LogP contribution in [-0.4, -0.2) is 16.6 Å². The van der Waals surface area contributed by atoms with Crippen LogP contribution < -0.4 is 5.43 Å². The molecule has 98 valence electrons. The molecule has 0 aromatic carbocycles. The lowest BCUT2D eigenvalue weighted by Gasteiger charge is -2.00. The highest BCUT2D eigenvalue weighted by Gasteiger charge is 2.05. The van der Waals surface area contributed by atoms with Crippen LogP contribution in [0.1, 0.15) is 34.0 Å². The second-order valence-electron chi connectivity index (χ2n) is 4.00. The van der Waals surface area contributed by atoms with Crippen molar-refractivity contribution in [1.82, 2.24) is 10.4 Å². The van der Waals surface area contributed by atoms with Crippen molar-refractivity contribution in [3.63, 3.8) is 0 Å². The highest BCUT2D eigenvalue weighted by molar-refractivity contribution is 7.14. The Hall–Kier alpha value is -2.01. The summed E-state index contributed by atoms with van der Waals surface area (Å²) in [5, 5.41) is 4.12. The second kappa shape index (κ2) is 6.24. The molecular formula is C14H15N3OS. The summed E-state index contributed by atoms with van der Waals surface area (Å²) in [7, 11) is 0. The number of nitrogens with one attached hydrogen (secondary N) is 1. The van der Waals surface area contributed by atoms with E-state index in [9.17, 15) is 4.79 Å². The van der Waals surface area contributed by atoms with Crippen molar-refractivity contribution in [2.24, 2.45) is 5.10 Å². The summed E-state index contributed by atoms with van der Waals surface area (Å²) in [6.07, 6.45) is 4.16. The van der Waals surface area contributed by atoms with Gasteiger partial charge in [-0.2, -0.15) is 5.10 Å². The van der Waals surface area contributed by atoms with Gasteiger partial charge in [0.05, 0.1) is 16.2 Å². The zero-order valence-electron chi connectivity index (χ0n) is 10.9. The van der Waals surface area contributed by atoms with Crippen LogP contribution in [0.15, 0.2) is 41.8 Å². The van der Waals surface area contributed by atoms with Crippen LogP contribution in [0.2, 0.25) is 0 Å². The first kappa shape index (κ1) is 13.4. The number of rotatable bonds is 4. The molecule has 2 aromatic rings. The molecule has 0 spiro atoms. The maximum Gasteiger partial charge on any atom is 0.272 e. The third-order valence-corrected chi connectivity index (χ3v) is 3.95. The summed E-state index contributed by atoms with van der Waals surface area (Å²) < 4.78 is 0. The van der Waals surface area contributed by atoms with Gasteiger partial charge in [-0.25, -0.2) is 5.43 Å². The molecule has 0 aliphatic carbocycles. The van der Waals surface area contributed by atoms with Gasteiger partial charge in [-0.3, -0.25) is 9.78 Å². The largest absolute Gasteiger partial charge is 0.272 e. The molecule has 0 radical (unpaired) electrons. The zero-order chi connectivity index (χ0) is 13.7. The molecule has 5 heteroatoms. The fraction of sp³-hybridized carbons (Fsp3) is 0.214. The number of aromatic nitrogens is 1. The molecule has 0 unspecified atom stereocenters. The molecule has 4 nitrogen and oxygen atoms in total. The first-order valence-corrected chi connectivity index (χ1v) is 6.86. The number of amides is 1. The van der Waals surface area contributed by atoms with Crippen molar-refractivity contribution in [1.29, 1.82) is 0 Å². The van der Waals surface area contributed by atoms with Gasteiger partial charge in [-0.05, 0) is 37.6 Å². The quantitative estimate of drug-likeness (QED) is 0.688. The summed E-state index contributed by atoms with van der Waals surface area (Å²) in [4.78, 5) is 18.1. The predicted octanol–water partition coefficient (Wildman–Crippen LogP) is 2.86. The van der Waals surface area contributed by atoms with E-state index in [1.54, 1.807) is 29.7 Å². The van der Waals surface area contributed by atoms with E-state index in [-0.39, 0.29) is 5.91 Å². The van der Waals surface area contributed by atoms with Crippen LogP contribution in [0.4, 0.5) is 0 Å². The normalized spacial score (nSPS) is 11.4. The number of nitrogens with zero attached hydrogens (tertiary/aromatic N) is 2. The summed E-state index contributed by atoms with van der Waals surface area (Å²) >= 11 is 1.69. The average molecular weight is 273 g/mol. The molecule has 0 fully saturated rings. The lowest BCUT2D eigenvalue weighted by molar-refractivity contribution is 0.0954. The van der Waals surface area contributed by atoms with Crippen LogP contribution in [0.3, 0.4) is 0 Å². The van der Waals surface area contributed by atoms with Crippen molar-refractivity contribution in [3.05, 3.63) is 52.0 Å². The van der Waals surface area contributed by atoms with Crippen LogP contribution in [0, 0.1) is 0 Å². The Kier molecular flexibility index (Phi) is 4.41. The van der Waals surface area contributed by atoms with Crippen LogP contribution >= 0.6 is 11.3 Å². The minimum absolute atomic E-state index is 0.250. The van der Waals surface area contributed by atoms with E-state index < -0.39 is 0 Å². The zero-order valence-corrected chi connectivity index (χ0v) is 11.7. The van der Waals surface area contributed by atoms with Gasteiger partial charge < -0.3 is 0 Å². The molecule has 1 N–H and O–H groups in total. The van der Waals surface area contributed by atoms with Gasteiger partial charge in [0.25, 0.3) is 5.91 Å². The van der Waals surface area contributed by atoms with E-state index in [0.29, 0.717) is 5.56 Å². The van der Waals surface area contributed by atoms with E-state index in [2.05, 4.69) is 28.5 Å². The van der Waals surface area contributed by atoms with Crippen molar-refractivity contribution < 1.29 is 4.79 Å². The van der Waals surface area contributed by atoms with Crippen LogP contribution in [0.25, 0.3) is 0 Å². The van der Waals surface area contributed by atoms with Gasteiger partial charge in [0.1, 0.15) is 0 Å². The predicted molar refractivity (Wildman–Crippen MR) is 77.6 cm³/mol. The molecule has 0 atom stereocenters. The number of hydrazone groups is 1. The van der Waals surface area contributed by atoms with Crippen molar-refractivity contribution in [2.75, 3.05) is 0 Å². The number of thiophene rings is 1. The Morgan fingerprint density at radius 2 is 2.26 bits per heavy atom. The molecule has 1 amide bonds. The third kappa shape index (κ3) is 3.48. The molecular weight excluding hydrogens is 258 g/mol. The van der Waals surface area contributed by atoms with Gasteiger partial charge in [0.2, 0.25) is 0 Å². The standard InChI is InChI=1S/C14H15N3OS/c1-3-12-6-7-13(19-12)10(2)16-17-14(18)11-5-4-8-15-9-11/h4-9H,3H2,1-2H3,(H,17,18). The Morgan fingerprint density at radius 1 is 1.42 bits per heavy atom. The van der Waals surface area contributed by atoms with Crippen LogP contribution in [-0.2, 0) is 6.42 Å². The SMILES string of the molecule is CCc1ccc(C(C)=NNC(=O)c2cccnc2)s1. The number of carbonyl (C=O) groups is 1. The Balaban J connectivity index is 2.04. The number of carbonyl (C=O) groups excluding carboxylic acids is 1. The number of pyridine rings is 1. The van der Waals surface area contributed by atoms with Gasteiger partial charge in [-0.1, -0.05) is 6.92 Å². The van der Waals surface area contributed by atoms with Crippen molar-refractivity contribution in [3.8, 4) is 0 Å². The molecule has 2 rings (SSSR count). The molecule has 0 saturated carbocycles. The highest BCUT2D eigenvalue weighted by Crippen LogP contribution is 2.17. The van der Waals surface area contributed by atoms with E-state index in [1.807, 2.05) is 13.0 Å². The molecule has 0 bridgehead atoms. The average Bonchev–Trinajstić information content (AvgIpc) is 2.94. The van der Waals surface area contributed by atoms with E-state index in [1.165, 1.54) is 11.1 Å². The topological polar surface area (TPSA) is 54.4 Å². The smallest absolute Gasteiger partial charge is 0.267 e. The highest BCUT2D eigenvalue weighted by atomic mass is 32.1. The van der Waals surface area contributed by atoms with E-state index in [4.69, 9.17) is 0 Å². The van der Waals surface area contributed by atoms with Gasteiger partial charge in [-0.15, -0.1) is 11.3 Å². The molecule has 0 aliphatic rings. The fourth-order valence-electron chi connectivity index (χ4n) is 1.51. The third-order valence-electron chi connectivity index (χ3n) is 2.62. The Labute approximate surface area is 116 Å². The summed E-state index contributed by atoms with van der Waals surface area (Å²) in [6, 6.07) is 7.53. The summed E-state index contributed by atoms with van der Waals surface area (Å²) in [6.45, 7) is 4.00. The Morgan fingerprint density at radius 3 is 2.89 bits per heavy atom. The second-order valence-corrected chi connectivity index (χ2v) is 5.17. The Bertz CT molecular complexity index is 590. The fourth-order valence-corrected chi connectivity index (χ4v) is 2.41. The first-order valence-electron chi connectivity index (χ1n) is 6.04. The monoisotopic (exact) mass is 273 g/mol. The lowest BCUT2D eigenvalue weighted by Crippen LogP contribution is -2.19. The maximum atomic E-state index is 11.8. The van der Waals surface area contributed by atoms with Crippen LogP contribution in [0.5, 0.6) is 0 Å². The number of aryl methyl sites for hydroxylation is 1. The minimum Gasteiger partial charge on any atom is -0.267 e. The molecule has 2 heterocycles.